The fourth-order valence-corrected chi connectivity index (χ4v) is 5.65. The molecule has 2 amide bonds. The number of piperidine rings is 1. The molecule has 0 bridgehead atoms. The fraction of sp³-hybridized carbons (Fsp3) is 0.231. The number of hydrogen-bond acceptors (Lipinski definition) is 4. The average Bonchev–Trinajstić information content (AvgIpc) is 2.88. The van der Waals surface area contributed by atoms with E-state index in [9.17, 15) is 18.0 Å². The SMILES string of the molecule is NC(=O)[C@@H]1CCCN(C(=O)c2cccc(S(=O)(=O)N(Cc3ccccc3)c3ccccc3)c2)C1. The average molecular weight is 478 g/mol. The largest absolute Gasteiger partial charge is 0.369 e. The van der Waals surface area contributed by atoms with Crippen LogP contribution in [0.1, 0.15) is 28.8 Å². The predicted molar refractivity (Wildman–Crippen MR) is 131 cm³/mol. The molecule has 0 saturated carbocycles. The lowest BCUT2D eigenvalue weighted by Crippen LogP contribution is -2.44. The molecule has 1 heterocycles. The van der Waals surface area contributed by atoms with Gasteiger partial charge in [0, 0.05) is 18.7 Å². The van der Waals surface area contributed by atoms with Crippen molar-refractivity contribution < 1.29 is 18.0 Å². The number of rotatable bonds is 7. The highest BCUT2D eigenvalue weighted by molar-refractivity contribution is 7.92. The lowest BCUT2D eigenvalue weighted by molar-refractivity contribution is -0.123. The second-order valence-electron chi connectivity index (χ2n) is 8.35. The van der Waals surface area contributed by atoms with Gasteiger partial charge in [0.15, 0.2) is 0 Å². The van der Waals surface area contributed by atoms with Gasteiger partial charge in [-0.2, -0.15) is 0 Å². The Bertz CT molecular complexity index is 1260. The molecule has 8 heteroatoms. The van der Waals surface area contributed by atoms with Gasteiger partial charge in [0.1, 0.15) is 0 Å². The van der Waals surface area contributed by atoms with Crippen LogP contribution in [-0.2, 0) is 21.4 Å². The summed E-state index contributed by atoms with van der Waals surface area (Å²) in [6.07, 6.45) is 1.33. The number of carbonyl (C=O) groups is 2. The number of amides is 2. The molecule has 7 nitrogen and oxygen atoms in total. The molecule has 176 valence electrons. The second-order valence-corrected chi connectivity index (χ2v) is 10.2. The Balaban J connectivity index is 1.66. The highest BCUT2D eigenvalue weighted by Crippen LogP contribution is 2.27. The van der Waals surface area contributed by atoms with Crippen molar-refractivity contribution in [2.75, 3.05) is 17.4 Å². The maximum atomic E-state index is 13.8. The molecule has 0 unspecified atom stereocenters. The van der Waals surface area contributed by atoms with Crippen LogP contribution in [0.15, 0.2) is 89.8 Å². The van der Waals surface area contributed by atoms with Gasteiger partial charge >= 0.3 is 0 Å². The van der Waals surface area contributed by atoms with Crippen LogP contribution in [-0.4, -0.2) is 38.2 Å². The minimum Gasteiger partial charge on any atom is -0.369 e. The molecular formula is C26H27N3O4S. The zero-order chi connectivity index (χ0) is 24.1. The van der Waals surface area contributed by atoms with Crippen LogP contribution >= 0.6 is 0 Å². The number of likely N-dealkylation sites (tertiary alicyclic amines) is 1. The summed E-state index contributed by atoms with van der Waals surface area (Å²) in [4.78, 5) is 26.3. The van der Waals surface area contributed by atoms with Crippen molar-refractivity contribution in [3.05, 3.63) is 96.1 Å². The van der Waals surface area contributed by atoms with Crippen LogP contribution in [0.5, 0.6) is 0 Å². The molecular weight excluding hydrogens is 450 g/mol. The minimum atomic E-state index is -3.97. The molecule has 3 aromatic carbocycles. The lowest BCUT2D eigenvalue weighted by Gasteiger charge is -2.31. The molecule has 0 aromatic heterocycles. The fourth-order valence-electron chi connectivity index (χ4n) is 4.15. The number of nitrogens with zero attached hydrogens (tertiary/aromatic N) is 2. The van der Waals surface area contributed by atoms with E-state index in [4.69, 9.17) is 5.73 Å². The van der Waals surface area contributed by atoms with Crippen LogP contribution in [0.2, 0.25) is 0 Å². The van der Waals surface area contributed by atoms with Crippen molar-refractivity contribution in [2.45, 2.75) is 24.3 Å². The standard InChI is InChI=1S/C26H27N3O4S/c27-25(30)22-12-8-16-28(19-22)26(31)21-11-7-15-24(17-21)34(32,33)29(23-13-5-2-6-14-23)18-20-9-3-1-4-10-20/h1-7,9-11,13-15,17,22H,8,12,16,18-19H2,(H2,27,30)/t22-/m1/s1. The summed E-state index contributed by atoms with van der Waals surface area (Å²) in [5.41, 5.74) is 7.07. The maximum Gasteiger partial charge on any atom is 0.264 e. The third-order valence-corrected chi connectivity index (χ3v) is 7.76. The Morgan fingerprint density at radius 2 is 1.62 bits per heavy atom. The summed E-state index contributed by atoms with van der Waals surface area (Å²) in [7, 11) is -3.97. The first-order chi connectivity index (χ1) is 16.4. The summed E-state index contributed by atoms with van der Waals surface area (Å²) in [6.45, 7) is 0.900. The molecule has 0 aliphatic carbocycles. The van der Waals surface area contributed by atoms with Crippen LogP contribution in [0, 0.1) is 5.92 Å². The first-order valence-electron chi connectivity index (χ1n) is 11.2. The Morgan fingerprint density at radius 3 is 2.29 bits per heavy atom. The van der Waals surface area contributed by atoms with E-state index in [1.165, 1.54) is 16.4 Å². The van der Waals surface area contributed by atoms with Gasteiger partial charge in [0.25, 0.3) is 15.9 Å². The number of anilines is 1. The molecule has 0 radical (unpaired) electrons. The van der Waals surface area contributed by atoms with Crippen molar-refractivity contribution in [1.29, 1.82) is 0 Å². The van der Waals surface area contributed by atoms with Crippen LogP contribution in [0.4, 0.5) is 5.69 Å². The minimum absolute atomic E-state index is 0.0293. The number of hydrogen-bond donors (Lipinski definition) is 1. The molecule has 34 heavy (non-hydrogen) atoms. The van der Waals surface area contributed by atoms with Crippen molar-refractivity contribution in [3.8, 4) is 0 Å². The maximum absolute atomic E-state index is 13.8. The molecule has 1 saturated heterocycles. The molecule has 1 aliphatic heterocycles. The number of sulfonamides is 1. The third-order valence-electron chi connectivity index (χ3n) is 5.99. The smallest absolute Gasteiger partial charge is 0.264 e. The summed E-state index contributed by atoms with van der Waals surface area (Å²) in [5, 5.41) is 0. The van der Waals surface area contributed by atoms with Crippen LogP contribution in [0.3, 0.4) is 0 Å². The molecule has 1 atom stereocenters. The number of primary amides is 1. The topological polar surface area (TPSA) is 101 Å². The van der Waals surface area contributed by atoms with Crippen LogP contribution < -0.4 is 10.0 Å². The Morgan fingerprint density at radius 1 is 0.941 bits per heavy atom. The third kappa shape index (κ3) is 5.12. The normalized spacial score (nSPS) is 16.1. The summed E-state index contributed by atoms with van der Waals surface area (Å²) in [5.74, 6) is -1.12. The summed E-state index contributed by atoms with van der Waals surface area (Å²) >= 11 is 0. The van der Waals surface area contributed by atoms with Gasteiger partial charge in [-0.25, -0.2) is 8.42 Å². The Hall–Kier alpha value is -3.65. The van der Waals surface area contributed by atoms with E-state index in [0.29, 0.717) is 25.1 Å². The highest BCUT2D eigenvalue weighted by atomic mass is 32.2. The highest BCUT2D eigenvalue weighted by Gasteiger charge is 2.30. The molecule has 0 spiro atoms. The van der Waals surface area contributed by atoms with E-state index < -0.39 is 15.9 Å². The molecule has 4 rings (SSSR count). The lowest BCUT2D eigenvalue weighted by atomic mass is 9.97. The van der Waals surface area contributed by atoms with Gasteiger partial charge in [0.2, 0.25) is 5.91 Å². The summed E-state index contributed by atoms with van der Waals surface area (Å²) < 4.78 is 28.9. The quantitative estimate of drug-likeness (QED) is 0.563. The molecule has 1 fully saturated rings. The number of nitrogens with two attached hydrogens (primary N) is 1. The van der Waals surface area contributed by atoms with Gasteiger partial charge in [0.05, 0.1) is 23.0 Å². The van der Waals surface area contributed by atoms with E-state index in [2.05, 4.69) is 0 Å². The van der Waals surface area contributed by atoms with Crippen molar-refractivity contribution in [2.24, 2.45) is 11.7 Å². The van der Waals surface area contributed by atoms with E-state index >= 15 is 0 Å². The van der Waals surface area contributed by atoms with Gasteiger partial charge in [-0.05, 0) is 48.7 Å². The molecule has 2 N–H and O–H groups in total. The van der Waals surface area contributed by atoms with E-state index in [1.807, 2.05) is 36.4 Å². The van der Waals surface area contributed by atoms with Gasteiger partial charge in [-0.15, -0.1) is 0 Å². The summed E-state index contributed by atoms with van der Waals surface area (Å²) in [6, 6.07) is 24.3. The first kappa shape index (κ1) is 23.5. The number of carbonyl (C=O) groups excluding carboxylic acids is 2. The van der Waals surface area contributed by atoms with Crippen molar-refractivity contribution in [3.63, 3.8) is 0 Å². The zero-order valence-corrected chi connectivity index (χ0v) is 19.5. The number of para-hydroxylation sites is 1. The number of benzene rings is 3. The molecule has 3 aromatic rings. The molecule has 1 aliphatic rings. The van der Waals surface area contributed by atoms with Crippen molar-refractivity contribution >= 4 is 27.5 Å². The van der Waals surface area contributed by atoms with E-state index in [1.54, 1.807) is 41.3 Å². The van der Waals surface area contributed by atoms with Gasteiger partial charge in [-0.1, -0.05) is 54.6 Å². The Kier molecular flexibility index (Phi) is 6.98. The van der Waals surface area contributed by atoms with Gasteiger partial charge in [-0.3, -0.25) is 13.9 Å². The Labute approximate surface area is 199 Å². The van der Waals surface area contributed by atoms with Gasteiger partial charge < -0.3 is 10.6 Å². The van der Waals surface area contributed by atoms with E-state index in [0.717, 1.165) is 5.56 Å². The van der Waals surface area contributed by atoms with Crippen LogP contribution in [0.25, 0.3) is 0 Å². The predicted octanol–water partition coefficient (Wildman–Crippen LogP) is 3.42. The second kappa shape index (κ2) is 10.1. The first-order valence-corrected chi connectivity index (χ1v) is 12.6. The monoisotopic (exact) mass is 477 g/mol. The van der Waals surface area contributed by atoms with E-state index in [-0.39, 0.29) is 35.4 Å². The zero-order valence-electron chi connectivity index (χ0n) is 18.7. The van der Waals surface area contributed by atoms with Crippen molar-refractivity contribution in [1.82, 2.24) is 4.90 Å².